The van der Waals surface area contributed by atoms with Gasteiger partial charge in [0.2, 0.25) is 6.54 Å². The Hall–Kier alpha value is -0.900. The van der Waals surface area contributed by atoms with Gasteiger partial charge in [-0.25, -0.2) is 0 Å². The molecule has 84 valence electrons. The van der Waals surface area contributed by atoms with E-state index in [2.05, 4.69) is 4.18 Å². The average Bonchev–Trinajstić information content (AvgIpc) is 1.95. The Kier molecular flexibility index (Phi) is 4.26. The summed E-state index contributed by atoms with van der Waals surface area (Å²) in [5, 5.41) is 9.70. The van der Waals surface area contributed by atoms with Gasteiger partial charge in [-0.05, 0) is 0 Å². The van der Waals surface area contributed by atoms with Crippen molar-refractivity contribution in [3.05, 3.63) is 10.1 Å². The van der Waals surface area contributed by atoms with Crippen LogP contribution in [0.15, 0.2) is 0 Å². The van der Waals surface area contributed by atoms with Crippen LogP contribution in [0.5, 0.6) is 0 Å². The molecule has 0 amide bonds. The first-order valence-electron chi connectivity index (χ1n) is 3.24. The van der Waals surface area contributed by atoms with Gasteiger partial charge < -0.3 is 0 Å². The van der Waals surface area contributed by atoms with E-state index in [0.29, 0.717) is 0 Å². The summed E-state index contributed by atoms with van der Waals surface area (Å²) in [7, 11) is -5.62. The van der Waals surface area contributed by atoms with Crippen LogP contribution in [0.25, 0.3) is 0 Å². The smallest absolute Gasteiger partial charge is 0.265 e. The monoisotopic (exact) mass is 237 g/mol. The lowest BCUT2D eigenvalue weighted by Crippen LogP contribution is -2.26. The minimum Gasteiger partial charge on any atom is -0.265 e. The number of rotatable bonds is 5. The third kappa shape index (κ3) is 4.37. The van der Waals surface area contributed by atoms with Gasteiger partial charge in [0.15, 0.2) is 0 Å². The molecule has 10 heteroatoms. The molecule has 0 aliphatic carbocycles. The lowest BCUT2D eigenvalue weighted by molar-refractivity contribution is -0.480. The largest absolute Gasteiger partial charge is 0.523 e. The molecule has 0 saturated carbocycles. The minimum absolute atomic E-state index is 0.400. The SMILES string of the molecule is O=[N+]([O-])CCCOS(=O)(=O)C(F)(F)F. The average molecular weight is 237 g/mol. The second-order valence-electron chi connectivity index (χ2n) is 2.13. The highest BCUT2D eigenvalue weighted by molar-refractivity contribution is 7.87. The molecule has 14 heavy (non-hydrogen) atoms. The van der Waals surface area contributed by atoms with Crippen molar-refractivity contribution in [3.8, 4) is 0 Å². The fraction of sp³-hybridized carbons (Fsp3) is 1.00. The topological polar surface area (TPSA) is 86.5 Å². The van der Waals surface area contributed by atoms with Crippen molar-refractivity contribution in [3.63, 3.8) is 0 Å². The van der Waals surface area contributed by atoms with Gasteiger partial charge in [0.25, 0.3) is 0 Å². The van der Waals surface area contributed by atoms with Crippen LogP contribution >= 0.6 is 0 Å². The third-order valence-electron chi connectivity index (χ3n) is 1.01. The molecule has 0 unspecified atom stereocenters. The van der Waals surface area contributed by atoms with Gasteiger partial charge in [-0.15, -0.1) is 0 Å². The molecule has 0 aromatic rings. The van der Waals surface area contributed by atoms with Crippen molar-refractivity contribution in [2.75, 3.05) is 13.2 Å². The molecule has 0 heterocycles. The van der Waals surface area contributed by atoms with Crippen LogP contribution in [0.1, 0.15) is 6.42 Å². The van der Waals surface area contributed by atoms with Crippen LogP contribution in [-0.4, -0.2) is 32.0 Å². The molecule has 0 spiro atoms. The minimum atomic E-state index is -5.62. The fourth-order valence-electron chi connectivity index (χ4n) is 0.429. The first-order valence-corrected chi connectivity index (χ1v) is 4.65. The summed E-state index contributed by atoms with van der Waals surface area (Å²) in [4.78, 5) is 8.91. The van der Waals surface area contributed by atoms with Gasteiger partial charge in [-0.1, -0.05) is 0 Å². The Morgan fingerprint density at radius 2 is 1.86 bits per heavy atom. The highest BCUT2D eigenvalue weighted by atomic mass is 32.2. The van der Waals surface area contributed by atoms with E-state index in [9.17, 15) is 31.7 Å². The first-order chi connectivity index (χ1) is 6.17. The molecular weight excluding hydrogens is 231 g/mol. The number of halogens is 3. The van der Waals surface area contributed by atoms with Crippen molar-refractivity contribution < 1.29 is 30.7 Å². The highest BCUT2D eigenvalue weighted by Gasteiger charge is 2.47. The molecule has 0 bridgehead atoms. The molecular formula is C4H6F3NO5S. The van der Waals surface area contributed by atoms with Crippen molar-refractivity contribution >= 4 is 10.1 Å². The summed E-state index contributed by atoms with van der Waals surface area (Å²) in [6.45, 7) is -1.50. The van der Waals surface area contributed by atoms with Gasteiger partial charge in [-0.3, -0.25) is 14.3 Å². The summed E-state index contributed by atoms with van der Waals surface area (Å²) in [6, 6.07) is 0. The molecule has 0 N–H and O–H groups in total. The van der Waals surface area contributed by atoms with Crippen LogP contribution in [0.2, 0.25) is 0 Å². The Morgan fingerprint density at radius 1 is 1.36 bits per heavy atom. The number of alkyl halides is 3. The summed E-state index contributed by atoms with van der Waals surface area (Å²) < 4.78 is 58.6. The zero-order chi connectivity index (χ0) is 11.4. The van der Waals surface area contributed by atoms with E-state index < -0.39 is 40.1 Å². The van der Waals surface area contributed by atoms with Gasteiger partial charge in [-0.2, -0.15) is 21.6 Å². The number of hydrogen-bond donors (Lipinski definition) is 0. The molecule has 0 radical (unpaired) electrons. The molecule has 0 aliphatic rings. The molecule has 0 aliphatic heterocycles. The molecule has 0 aromatic heterocycles. The van der Waals surface area contributed by atoms with Gasteiger partial charge in [0.1, 0.15) is 0 Å². The maximum Gasteiger partial charge on any atom is 0.523 e. The van der Waals surface area contributed by atoms with E-state index in [1.54, 1.807) is 0 Å². The van der Waals surface area contributed by atoms with Crippen molar-refractivity contribution in [1.29, 1.82) is 0 Å². The Bertz CT molecular complexity index is 297. The molecule has 0 atom stereocenters. The summed E-state index contributed by atoms with van der Waals surface area (Å²) in [5.74, 6) is 0. The predicted octanol–water partition coefficient (Wildman–Crippen LogP) is 0.519. The van der Waals surface area contributed by atoms with E-state index in [0.717, 1.165) is 0 Å². The van der Waals surface area contributed by atoms with E-state index in [1.807, 2.05) is 0 Å². The maximum absolute atomic E-state index is 11.6. The Morgan fingerprint density at radius 3 is 2.21 bits per heavy atom. The van der Waals surface area contributed by atoms with Crippen molar-refractivity contribution in [2.24, 2.45) is 0 Å². The number of nitrogens with zero attached hydrogens (tertiary/aromatic N) is 1. The van der Waals surface area contributed by atoms with Gasteiger partial charge in [0, 0.05) is 11.3 Å². The van der Waals surface area contributed by atoms with Gasteiger partial charge >= 0.3 is 15.6 Å². The highest BCUT2D eigenvalue weighted by Crippen LogP contribution is 2.24. The van der Waals surface area contributed by atoms with Crippen molar-refractivity contribution in [1.82, 2.24) is 0 Å². The lowest BCUT2D eigenvalue weighted by Gasteiger charge is -2.06. The summed E-state index contributed by atoms with van der Waals surface area (Å²) in [5.41, 5.74) is -5.48. The number of nitro groups is 1. The Balaban J connectivity index is 3.97. The normalized spacial score (nSPS) is 12.8. The molecule has 0 fully saturated rings. The van der Waals surface area contributed by atoms with E-state index in [1.165, 1.54) is 0 Å². The van der Waals surface area contributed by atoms with Crippen LogP contribution in [-0.2, 0) is 14.3 Å². The van der Waals surface area contributed by atoms with E-state index >= 15 is 0 Å². The second-order valence-corrected chi connectivity index (χ2v) is 3.74. The van der Waals surface area contributed by atoms with Gasteiger partial charge in [0.05, 0.1) is 6.61 Å². The van der Waals surface area contributed by atoms with Crippen LogP contribution < -0.4 is 0 Å². The standard InChI is InChI=1S/C4H6F3NO5S/c5-4(6,7)14(11,12)13-3-1-2-8(9)10/h1-3H2. The van der Waals surface area contributed by atoms with Crippen molar-refractivity contribution in [2.45, 2.75) is 11.9 Å². The van der Waals surface area contributed by atoms with E-state index in [4.69, 9.17) is 0 Å². The zero-order valence-electron chi connectivity index (χ0n) is 6.65. The lowest BCUT2D eigenvalue weighted by atomic mass is 10.5. The third-order valence-corrected chi connectivity index (χ3v) is 2.05. The van der Waals surface area contributed by atoms with Crippen LogP contribution in [0.3, 0.4) is 0 Å². The molecule has 0 rings (SSSR count). The Labute approximate surface area is 76.9 Å². The zero-order valence-corrected chi connectivity index (χ0v) is 7.47. The molecule has 6 nitrogen and oxygen atoms in total. The number of hydrogen-bond acceptors (Lipinski definition) is 5. The quantitative estimate of drug-likeness (QED) is 0.229. The van der Waals surface area contributed by atoms with E-state index in [-0.39, 0.29) is 0 Å². The maximum atomic E-state index is 11.6. The fourth-order valence-corrected chi connectivity index (χ4v) is 0.900. The first kappa shape index (κ1) is 13.1. The molecule has 0 saturated heterocycles. The summed E-state index contributed by atoms with van der Waals surface area (Å²) in [6.07, 6.45) is -0.400. The van der Waals surface area contributed by atoms with Crippen LogP contribution in [0, 0.1) is 10.1 Å². The second kappa shape index (κ2) is 4.55. The summed E-state index contributed by atoms with van der Waals surface area (Å²) >= 11 is 0. The van der Waals surface area contributed by atoms with Crippen LogP contribution in [0.4, 0.5) is 13.2 Å². The predicted molar refractivity (Wildman–Crippen MR) is 37.4 cm³/mol. The molecule has 0 aromatic carbocycles.